The molecule has 0 aliphatic carbocycles. The highest BCUT2D eigenvalue weighted by molar-refractivity contribution is 5.80. The molecule has 0 radical (unpaired) electrons. The largest absolute Gasteiger partial charge is 0.334 e. The number of hydrogen-bond donors (Lipinski definition) is 1. The molecule has 0 bridgehead atoms. The second-order valence-corrected chi connectivity index (χ2v) is 4.40. The number of nitrogens with zero attached hydrogens (tertiary/aromatic N) is 1. The van der Waals surface area contributed by atoms with Gasteiger partial charge in [-0.05, 0) is 19.4 Å². The molecule has 1 aromatic carbocycles. The Morgan fingerprint density at radius 3 is 2.56 bits per heavy atom. The zero-order valence-corrected chi connectivity index (χ0v) is 9.81. The average Bonchev–Trinajstić information content (AvgIpc) is 2.54. The summed E-state index contributed by atoms with van der Waals surface area (Å²) in [4.78, 5) is 13.6. The fourth-order valence-corrected chi connectivity index (χ4v) is 2.38. The van der Waals surface area contributed by atoms with Crippen LogP contribution in [-0.4, -0.2) is 23.4 Å². The number of likely N-dealkylation sites (N-methyl/N-ethyl adjacent to an activating group) is 1. The molecule has 3 nitrogen and oxygen atoms in total. The summed E-state index contributed by atoms with van der Waals surface area (Å²) >= 11 is 0. The summed E-state index contributed by atoms with van der Waals surface area (Å²) in [5, 5.41) is 0. The van der Waals surface area contributed by atoms with Crippen LogP contribution in [0.1, 0.15) is 30.5 Å². The van der Waals surface area contributed by atoms with Crippen LogP contribution in [-0.2, 0) is 4.79 Å². The number of rotatable bonds is 2. The van der Waals surface area contributed by atoms with Gasteiger partial charge in [0.2, 0.25) is 5.91 Å². The standard InChI is InChI=1S/C13H18N2O/c1-3-15-12(16)8-11(14)13(15)10-6-4-9(2)5-7-10/h4-7,11,13H,3,8,14H2,1-2H3/t11-,13+/m0/s1. The van der Waals surface area contributed by atoms with E-state index >= 15 is 0 Å². The summed E-state index contributed by atoms with van der Waals surface area (Å²) in [5.41, 5.74) is 8.41. The van der Waals surface area contributed by atoms with Gasteiger partial charge >= 0.3 is 0 Å². The van der Waals surface area contributed by atoms with Crippen LogP contribution >= 0.6 is 0 Å². The van der Waals surface area contributed by atoms with Gasteiger partial charge in [-0.3, -0.25) is 4.79 Å². The Kier molecular flexibility index (Phi) is 2.97. The zero-order chi connectivity index (χ0) is 11.7. The van der Waals surface area contributed by atoms with Crippen molar-refractivity contribution in [3.63, 3.8) is 0 Å². The molecule has 0 spiro atoms. The Labute approximate surface area is 96.2 Å². The third-order valence-electron chi connectivity index (χ3n) is 3.23. The van der Waals surface area contributed by atoms with Gasteiger partial charge in [0.05, 0.1) is 6.04 Å². The lowest BCUT2D eigenvalue weighted by atomic mass is 10.00. The second-order valence-electron chi connectivity index (χ2n) is 4.40. The van der Waals surface area contributed by atoms with Crippen molar-refractivity contribution >= 4 is 5.91 Å². The predicted octanol–water partition coefficient (Wildman–Crippen LogP) is 1.62. The summed E-state index contributed by atoms with van der Waals surface area (Å²) < 4.78 is 0. The van der Waals surface area contributed by atoms with Crippen molar-refractivity contribution < 1.29 is 4.79 Å². The van der Waals surface area contributed by atoms with Crippen molar-refractivity contribution in [3.8, 4) is 0 Å². The molecular formula is C13H18N2O. The minimum atomic E-state index is -0.0739. The van der Waals surface area contributed by atoms with Gasteiger partial charge in [0.15, 0.2) is 0 Å². The second kappa shape index (κ2) is 4.26. The lowest BCUT2D eigenvalue weighted by molar-refractivity contribution is -0.128. The molecule has 16 heavy (non-hydrogen) atoms. The van der Waals surface area contributed by atoms with E-state index in [1.165, 1.54) is 5.56 Å². The molecule has 2 N–H and O–H groups in total. The minimum absolute atomic E-state index is 0.0538. The normalized spacial score (nSPS) is 25.2. The molecule has 1 heterocycles. The Morgan fingerprint density at radius 2 is 2.00 bits per heavy atom. The highest BCUT2D eigenvalue weighted by Gasteiger charge is 2.37. The highest BCUT2D eigenvalue weighted by atomic mass is 16.2. The van der Waals surface area contributed by atoms with Crippen LogP contribution in [0.15, 0.2) is 24.3 Å². The number of likely N-dealkylation sites (tertiary alicyclic amines) is 1. The molecule has 2 rings (SSSR count). The molecule has 2 atom stereocenters. The fourth-order valence-electron chi connectivity index (χ4n) is 2.38. The van der Waals surface area contributed by atoms with Gasteiger partial charge in [-0.2, -0.15) is 0 Å². The molecule has 1 amide bonds. The van der Waals surface area contributed by atoms with Gasteiger partial charge in [0.25, 0.3) is 0 Å². The van der Waals surface area contributed by atoms with Crippen LogP contribution in [0.4, 0.5) is 0 Å². The lowest BCUT2D eigenvalue weighted by Gasteiger charge is -2.26. The Bertz CT molecular complexity index is 385. The van der Waals surface area contributed by atoms with Crippen molar-refractivity contribution in [2.24, 2.45) is 5.73 Å². The van der Waals surface area contributed by atoms with Crippen LogP contribution in [0.5, 0.6) is 0 Å². The topological polar surface area (TPSA) is 46.3 Å². The van der Waals surface area contributed by atoms with Gasteiger partial charge < -0.3 is 10.6 Å². The van der Waals surface area contributed by atoms with Gasteiger partial charge in [-0.25, -0.2) is 0 Å². The third kappa shape index (κ3) is 1.83. The van der Waals surface area contributed by atoms with Crippen molar-refractivity contribution in [2.45, 2.75) is 32.4 Å². The lowest BCUT2D eigenvalue weighted by Crippen LogP contribution is -2.32. The van der Waals surface area contributed by atoms with E-state index < -0.39 is 0 Å². The maximum atomic E-state index is 11.7. The first kappa shape index (κ1) is 11.1. The van der Waals surface area contributed by atoms with Crippen LogP contribution < -0.4 is 5.73 Å². The van der Waals surface area contributed by atoms with Crippen molar-refractivity contribution in [2.75, 3.05) is 6.54 Å². The number of amides is 1. The Morgan fingerprint density at radius 1 is 1.38 bits per heavy atom. The van der Waals surface area contributed by atoms with E-state index in [4.69, 9.17) is 5.73 Å². The summed E-state index contributed by atoms with van der Waals surface area (Å²) in [7, 11) is 0. The molecule has 3 heteroatoms. The summed E-state index contributed by atoms with van der Waals surface area (Å²) in [5.74, 6) is 0.167. The number of carbonyl (C=O) groups is 1. The molecule has 1 aromatic rings. The number of nitrogens with two attached hydrogens (primary N) is 1. The molecular weight excluding hydrogens is 200 g/mol. The molecule has 1 saturated heterocycles. The summed E-state index contributed by atoms with van der Waals surface area (Å²) in [6.45, 7) is 4.78. The smallest absolute Gasteiger partial charge is 0.224 e. The van der Waals surface area contributed by atoms with Crippen LogP contribution in [0.2, 0.25) is 0 Å². The van der Waals surface area contributed by atoms with Gasteiger partial charge in [-0.15, -0.1) is 0 Å². The summed E-state index contributed by atoms with van der Waals surface area (Å²) in [6, 6.07) is 8.26. The molecule has 1 aliphatic rings. The van der Waals surface area contributed by atoms with Crippen LogP contribution in [0.25, 0.3) is 0 Å². The molecule has 1 aliphatic heterocycles. The highest BCUT2D eigenvalue weighted by Crippen LogP contribution is 2.31. The Hall–Kier alpha value is -1.35. The van der Waals surface area contributed by atoms with Gasteiger partial charge in [0.1, 0.15) is 0 Å². The molecule has 0 aromatic heterocycles. The maximum Gasteiger partial charge on any atom is 0.224 e. The number of hydrogen-bond acceptors (Lipinski definition) is 2. The minimum Gasteiger partial charge on any atom is -0.334 e. The molecule has 86 valence electrons. The zero-order valence-electron chi connectivity index (χ0n) is 9.81. The van der Waals surface area contributed by atoms with E-state index in [-0.39, 0.29) is 18.0 Å². The maximum absolute atomic E-state index is 11.7. The number of carbonyl (C=O) groups excluding carboxylic acids is 1. The third-order valence-corrected chi connectivity index (χ3v) is 3.23. The van der Waals surface area contributed by atoms with Gasteiger partial charge in [-0.1, -0.05) is 29.8 Å². The monoisotopic (exact) mass is 218 g/mol. The first-order chi connectivity index (χ1) is 7.63. The SMILES string of the molecule is CCN1C(=O)C[C@H](N)[C@H]1c1ccc(C)cc1. The van der Waals surface area contributed by atoms with Crippen LogP contribution in [0.3, 0.4) is 0 Å². The van der Waals surface area contributed by atoms with E-state index in [1.54, 1.807) is 0 Å². The predicted molar refractivity (Wildman–Crippen MR) is 63.9 cm³/mol. The van der Waals surface area contributed by atoms with Crippen molar-refractivity contribution in [1.82, 2.24) is 4.90 Å². The summed E-state index contributed by atoms with van der Waals surface area (Å²) in [6.07, 6.45) is 0.465. The van der Waals surface area contributed by atoms with Crippen LogP contribution in [0, 0.1) is 6.92 Å². The first-order valence-corrected chi connectivity index (χ1v) is 5.75. The molecule has 0 saturated carbocycles. The van der Waals surface area contributed by atoms with Gasteiger partial charge in [0, 0.05) is 19.0 Å². The van der Waals surface area contributed by atoms with E-state index in [9.17, 15) is 4.79 Å². The molecule has 1 fully saturated rings. The van der Waals surface area contributed by atoms with Crippen molar-refractivity contribution in [3.05, 3.63) is 35.4 Å². The fraction of sp³-hybridized carbons (Fsp3) is 0.462. The first-order valence-electron chi connectivity index (χ1n) is 5.75. The Balaban J connectivity index is 2.31. The number of benzene rings is 1. The van der Waals surface area contributed by atoms with E-state index in [0.29, 0.717) is 6.42 Å². The van der Waals surface area contributed by atoms with Crippen molar-refractivity contribution in [1.29, 1.82) is 0 Å². The van der Waals surface area contributed by atoms with E-state index in [0.717, 1.165) is 12.1 Å². The molecule has 0 unspecified atom stereocenters. The quantitative estimate of drug-likeness (QED) is 0.819. The van der Waals surface area contributed by atoms with E-state index in [2.05, 4.69) is 31.2 Å². The average molecular weight is 218 g/mol. The van der Waals surface area contributed by atoms with E-state index in [1.807, 2.05) is 11.8 Å². The number of aryl methyl sites for hydroxylation is 1.